The Balaban J connectivity index is 1.67. The molecule has 0 N–H and O–H groups in total. The summed E-state index contributed by atoms with van der Waals surface area (Å²) in [6.45, 7) is 6.49. The Hall–Kier alpha value is -2.00. The third-order valence-electron chi connectivity index (χ3n) is 5.19. The van der Waals surface area contributed by atoms with Gasteiger partial charge >= 0.3 is 0 Å². The molecule has 7 nitrogen and oxygen atoms in total. The molecule has 0 amide bonds. The summed E-state index contributed by atoms with van der Waals surface area (Å²) in [4.78, 5) is 7.03. The SMILES string of the molecule is Cc1ccc(-c2ccnc(N3CCOCC3)c2)cc1S(=O)(=O)N1CCOCC1. The molecule has 0 atom stereocenters. The van der Waals surface area contributed by atoms with Gasteiger partial charge < -0.3 is 14.4 Å². The molecule has 2 aliphatic rings. The van der Waals surface area contributed by atoms with Gasteiger partial charge in [0.25, 0.3) is 0 Å². The van der Waals surface area contributed by atoms with Crippen molar-refractivity contribution >= 4 is 15.8 Å². The van der Waals surface area contributed by atoms with Crippen molar-refractivity contribution in [2.24, 2.45) is 0 Å². The number of pyridine rings is 1. The molecule has 150 valence electrons. The Morgan fingerprint density at radius 3 is 2.25 bits per heavy atom. The molecule has 0 radical (unpaired) electrons. The summed E-state index contributed by atoms with van der Waals surface area (Å²) in [5.74, 6) is 0.888. The number of rotatable bonds is 4. The lowest BCUT2D eigenvalue weighted by atomic mass is 10.1. The van der Waals surface area contributed by atoms with E-state index < -0.39 is 10.0 Å². The van der Waals surface area contributed by atoms with E-state index in [1.54, 1.807) is 12.3 Å². The van der Waals surface area contributed by atoms with E-state index in [0.717, 1.165) is 35.6 Å². The highest BCUT2D eigenvalue weighted by Gasteiger charge is 2.28. The highest BCUT2D eigenvalue weighted by Crippen LogP contribution is 2.29. The molecular weight excluding hydrogens is 378 g/mol. The zero-order chi connectivity index (χ0) is 19.6. The van der Waals surface area contributed by atoms with Crippen LogP contribution in [0.15, 0.2) is 41.4 Å². The number of sulfonamides is 1. The third-order valence-corrected chi connectivity index (χ3v) is 7.23. The molecule has 4 rings (SSSR count). The van der Waals surface area contributed by atoms with Crippen LogP contribution in [0, 0.1) is 6.92 Å². The van der Waals surface area contributed by atoms with Gasteiger partial charge in [0.2, 0.25) is 10.0 Å². The van der Waals surface area contributed by atoms with Crippen molar-refractivity contribution in [3.05, 3.63) is 42.1 Å². The first-order valence-corrected chi connectivity index (χ1v) is 11.0. The molecular formula is C20H25N3O4S. The van der Waals surface area contributed by atoms with Crippen LogP contribution in [0.2, 0.25) is 0 Å². The maximum atomic E-state index is 13.1. The second kappa shape index (κ2) is 8.16. The van der Waals surface area contributed by atoms with Gasteiger partial charge in [-0.3, -0.25) is 0 Å². The van der Waals surface area contributed by atoms with Gasteiger partial charge in [-0.2, -0.15) is 4.31 Å². The van der Waals surface area contributed by atoms with Gasteiger partial charge in [0.1, 0.15) is 5.82 Å². The molecule has 0 saturated carbocycles. The van der Waals surface area contributed by atoms with Crippen LogP contribution in [0.25, 0.3) is 11.1 Å². The Labute approximate surface area is 165 Å². The highest BCUT2D eigenvalue weighted by atomic mass is 32.2. The van der Waals surface area contributed by atoms with Gasteiger partial charge in [-0.25, -0.2) is 13.4 Å². The van der Waals surface area contributed by atoms with Gasteiger partial charge in [0, 0.05) is 32.4 Å². The number of aromatic nitrogens is 1. The number of morpholine rings is 2. The molecule has 0 bridgehead atoms. The van der Waals surface area contributed by atoms with E-state index in [1.165, 1.54) is 4.31 Å². The zero-order valence-corrected chi connectivity index (χ0v) is 16.8. The number of ether oxygens (including phenoxy) is 2. The van der Waals surface area contributed by atoms with E-state index in [1.807, 2.05) is 31.2 Å². The van der Waals surface area contributed by atoms with E-state index in [4.69, 9.17) is 9.47 Å². The fraction of sp³-hybridized carbons (Fsp3) is 0.450. The fourth-order valence-electron chi connectivity index (χ4n) is 3.55. The summed E-state index contributed by atoms with van der Waals surface area (Å²) in [6, 6.07) is 9.54. The van der Waals surface area contributed by atoms with Crippen LogP contribution in [0.3, 0.4) is 0 Å². The smallest absolute Gasteiger partial charge is 0.243 e. The second-order valence-corrected chi connectivity index (χ2v) is 8.91. The fourth-order valence-corrected chi connectivity index (χ4v) is 5.21. The maximum absolute atomic E-state index is 13.1. The van der Waals surface area contributed by atoms with Crippen molar-refractivity contribution < 1.29 is 17.9 Å². The third kappa shape index (κ3) is 3.91. The monoisotopic (exact) mass is 403 g/mol. The van der Waals surface area contributed by atoms with Crippen LogP contribution in [-0.2, 0) is 19.5 Å². The van der Waals surface area contributed by atoms with E-state index in [-0.39, 0.29) is 0 Å². The first kappa shape index (κ1) is 19.3. The Bertz CT molecular complexity index is 936. The van der Waals surface area contributed by atoms with Crippen molar-refractivity contribution in [2.75, 3.05) is 57.5 Å². The summed E-state index contributed by atoms with van der Waals surface area (Å²) in [7, 11) is -3.54. The molecule has 1 aromatic heterocycles. The summed E-state index contributed by atoms with van der Waals surface area (Å²) in [5.41, 5.74) is 2.57. The number of hydrogen-bond acceptors (Lipinski definition) is 6. The molecule has 0 aliphatic carbocycles. The first-order chi connectivity index (χ1) is 13.6. The van der Waals surface area contributed by atoms with Gasteiger partial charge in [-0.15, -0.1) is 0 Å². The minimum atomic E-state index is -3.54. The van der Waals surface area contributed by atoms with Crippen molar-refractivity contribution in [2.45, 2.75) is 11.8 Å². The number of benzene rings is 1. The lowest BCUT2D eigenvalue weighted by molar-refractivity contribution is 0.0730. The Morgan fingerprint density at radius 1 is 0.893 bits per heavy atom. The lowest BCUT2D eigenvalue weighted by Crippen LogP contribution is -2.40. The van der Waals surface area contributed by atoms with E-state index in [2.05, 4.69) is 9.88 Å². The van der Waals surface area contributed by atoms with Crippen molar-refractivity contribution in [1.29, 1.82) is 0 Å². The van der Waals surface area contributed by atoms with E-state index in [0.29, 0.717) is 44.4 Å². The van der Waals surface area contributed by atoms with E-state index >= 15 is 0 Å². The maximum Gasteiger partial charge on any atom is 0.243 e. The largest absolute Gasteiger partial charge is 0.379 e. The second-order valence-electron chi connectivity index (χ2n) is 7.00. The minimum Gasteiger partial charge on any atom is -0.379 e. The average molecular weight is 404 g/mol. The Morgan fingerprint density at radius 2 is 1.54 bits per heavy atom. The quantitative estimate of drug-likeness (QED) is 0.777. The molecule has 1 aromatic carbocycles. The van der Waals surface area contributed by atoms with Crippen LogP contribution in [0.1, 0.15) is 5.56 Å². The number of aryl methyl sites for hydroxylation is 1. The first-order valence-electron chi connectivity index (χ1n) is 9.53. The molecule has 3 heterocycles. The van der Waals surface area contributed by atoms with Gasteiger partial charge in [-0.1, -0.05) is 12.1 Å². The molecule has 2 aromatic rings. The number of nitrogens with zero attached hydrogens (tertiary/aromatic N) is 3. The predicted octanol–water partition coefficient (Wildman–Crippen LogP) is 1.91. The van der Waals surface area contributed by atoms with Crippen LogP contribution in [0.4, 0.5) is 5.82 Å². The lowest BCUT2D eigenvalue weighted by Gasteiger charge is -2.28. The summed E-state index contributed by atoms with van der Waals surface area (Å²) in [5, 5.41) is 0. The summed E-state index contributed by atoms with van der Waals surface area (Å²) in [6.07, 6.45) is 1.77. The average Bonchev–Trinajstić information content (AvgIpc) is 2.75. The molecule has 2 fully saturated rings. The van der Waals surface area contributed by atoms with Crippen molar-refractivity contribution in [3.8, 4) is 11.1 Å². The molecule has 28 heavy (non-hydrogen) atoms. The molecule has 8 heteroatoms. The predicted molar refractivity (Wildman–Crippen MR) is 107 cm³/mol. The van der Waals surface area contributed by atoms with Crippen LogP contribution in [-0.4, -0.2) is 70.3 Å². The number of hydrogen-bond donors (Lipinski definition) is 0. The molecule has 0 unspecified atom stereocenters. The number of anilines is 1. The normalized spacial score (nSPS) is 19.0. The van der Waals surface area contributed by atoms with Gasteiger partial charge in [0.15, 0.2) is 0 Å². The molecule has 2 saturated heterocycles. The van der Waals surface area contributed by atoms with Crippen molar-refractivity contribution in [1.82, 2.24) is 9.29 Å². The summed E-state index contributed by atoms with van der Waals surface area (Å²) < 4.78 is 38.5. The Kier molecular flexibility index (Phi) is 5.63. The molecule has 2 aliphatic heterocycles. The van der Waals surface area contributed by atoms with Crippen LogP contribution < -0.4 is 4.90 Å². The van der Waals surface area contributed by atoms with Crippen LogP contribution >= 0.6 is 0 Å². The molecule has 0 spiro atoms. The minimum absolute atomic E-state index is 0.358. The van der Waals surface area contributed by atoms with Gasteiger partial charge in [-0.05, 0) is 41.8 Å². The highest BCUT2D eigenvalue weighted by molar-refractivity contribution is 7.89. The topological polar surface area (TPSA) is 72.0 Å². The van der Waals surface area contributed by atoms with Crippen molar-refractivity contribution in [3.63, 3.8) is 0 Å². The summed E-state index contributed by atoms with van der Waals surface area (Å²) >= 11 is 0. The van der Waals surface area contributed by atoms with Crippen LogP contribution in [0.5, 0.6) is 0 Å². The standard InChI is InChI=1S/C20H25N3O4S/c1-16-2-3-17(14-19(16)28(24,25)23-8-12-27-13-9-23)18-4-5-21-20(15-18)22-6-10-26-11-7-22/h2-5,14-15H,6-13H2,1H3. The zero-order valence-electron chi connectivity index (χ0n) is 16.0. The van der Waals surface area contributed by atoms with E-state index in [9.17, 15) is 8.42 Å². The van der Waals surface area contributed by atoms with Gasteiger partial charge in [0.05, 0.1) is 31.3 Å².